The van der Waals surface area contributed by atoms with Gasteiger partial charge in [-0.1, -0.05) is 24.3 Å². The summed E-state index contributed by atoms with van der Waals surface area (Å²) in [5, 5.41) is 10.6. The number of hydrogen-bond donors (Lipinski definition) is 4. The summed E-state index contributed by atoms with van der Waals surface area (Å²) < 4.78 is 46.1. The topological polar surface area (TPSA) is 117 Å². The predicted molar refractivity (Wildman–Crippen MR) is 133 cm³/mol. The van der Waals surface area contributed by atoms with Crippen molar-refractivity contribution in [3.8, 4) is 0 Å². The minimum absolute atomic E-state index is 0.0902. The first-order valence-corrected chi connectivity index (χ1v) is 11.2. The average molecular weight is 517 g/mol. The van der Waals surface area contributed by atoms with Crippen LogP contribution in [0.25, 0.3) is 0 Å². The molecule has 4 N–H and O–H groups in total. The van der Waals surface area contributed by atoms with Crippen LogP contribution >= 0.6 is 0 Å². The highest BCUT2D eigenvalue weighted by molar-refractivity contribution is 6.00. The molecule has 12 heteroatoms. The van der Waals surface area contributed by atoms with Gasteiger partial charge in [-0.25, -0.2) is 9.78 Å². The largest absolute Gasteiger partial charge is 0.444 e. The Balaban J connectivity index is 1.78. The Hall–Kier alpha value is -4.35. The Morgan fingerprint density at radius 2 is 1.65 bits per heavy atom. The van der Waals surface area contributed by atoms with Gasteiger partial charge in [0.2, 0.25) is 5.95 Å². The third-order valence-electron chi connectivity index (χ3n) is 4.79. The molecule has 1 heterocycles. The first-order chi connectivity index (χ1) is 17.4. The van der Waals surface area contributed by atoms with Crippen molar-refractivity contribution >= 4 is 35.1 Å². The van der Waals surface area contributed by atoms with Crippen LogP contribution in [0.1, 0.15) is 42.3 Å². The fourth-order valence-corrected chi connectivity index (χ4v) is 3.12. The van der Waals surface area contributed by atoms with Crippen molar-refractivity contribution in [1.82, 2.24) is 20.6 Å². The number of alkyl carbamates (subject to hydrolysis) is 1. The van der Waals surface area contributed by atoms with Crippen LogP contribution in [0.2, 0.25) is 0 Å². The highest BCUT2D eigenvalue weighted by Crippen LogP contribution is 2.36. The van der Waals surface area contributed by atoms with Gasteiger partial charge in [-0.3, -0.25) is 4.79 Å². The van der Waals surface area contributed by atoms with Gasteiger partial charge in [0.1, 0.15) is 17.0 Å². The molecule has 0 bridgehead atoms. The molecule has 1 aromatic heterocycles. The van der Waals surface area contributed by atoms with Gasteiger partial charge in [0.15, 0.2) is 0 Å². The summed E-state index contributed by atoms with van der Waals surface area (Å²) in [6.45, 7) is 5.51. The van der Waals surface area contributed by atoms with Gasteiger partial charge in [-0.15, -0.1) is 0 Å². The highest BCUT2D eigenvalue weighted by Gasteiger charge is 2.35. The van der Waals surface area contributed by atoms with E-state index in [0.717, 1.165) is 5.56 Å². The highest BCUT2D eigenvalue weighted by atomic mass is 19.4. The number of benzene rings is 2. The van der Waals surface area contributed by atoms with E-state index in [4.69, 9.17) is 4.74 Å². The van der Waals surface area contributed by atoms with Crippen LogP contribution in [0.15, 0.2) is 54.7 Å². The molecular formula is C25H27F3N6O3. The van der Waals surface area contributed by atoms with E-state index in [9.17, 15) is 22.8 Å². The number of halogens is 3. The van der Waals surface area contributed by atoms with E-state index in [1.807, 2.05) is 0 Å². The van der Waals surface area contributed by atoms with Crippen LogP contribution in [0.5, 0.6) is 0 Å². The molecule has 0 radical (unpaired) electrons. The smallest absolute Gasteiger partial charge is 0.421 e. The van der Waals surface area contributed by atoms with Crippen molar-refractivity contribution in [3.63, 3.8) is 0 Å². The number of rotatable bonds is 7. The van der Waals surface area contributed by atoms with Gasteiger partial charge in [0.25, 0.3) is 5.91 Å². The average Bonchev–Trinajstić information content (AvgIpc) is 2.82. The van der Waals surface area contributed by atoms with Crippen molar-refractivity contribution in [3.05, 3.63) is 71.4 Å². The molecule has 0 atom stereocenters. The zero-order valence-electron chi connectivity index (χ0n) is 20.7. The minimum atomic E-state index is -4.73. The Morgan fingerprint density at radius 1 is 0.973 bits per heavy atom. The number of anilines is 4. The van der Waals surface area contributed by atoms with Gasteiger partial charge in [0, 0.05) is 25.5 Å². The summed E-state index contributed by atoms with van der Waals surface area (Å²) in [5.41, 5.74) is -0.109. The second-order valence-electron chi connectivity index (χ2n) is 8.88. The van der Waals surface area contributed by atoms with Crippen molar-refractivity contribution in [2.45, 2.75) is 39.1 Å². The lowest BCUT2D eigenvalue weighted by atomic mass is 10.1. The van der Waals surface area contributed by atoms with E-state index in [1.54, 1.807) is 57.2 Å². The van der Waals surface area contributed by atoms with E-state index in [2.05, 4.69) is 31.2 Å². The van der Waals surface area contributed by atoms with E-state index in [-0.39, 0.29) is 23.7 Å². The normalized spacial score (nSPS) is 11.4. The minimum Gasteiger partial charge on any atom is -0.444 e. The Bertz CT molecular complexity index is 1260. The first kappa shape index (κ1) is 27.2. The molecule has 2 aromatic carbocycles. The fraction of sp³-hybridized carbons (Fsp3) is 0.280. The Kier molecular flexibility index (Phi) is 8.21. The molecule has 37 heavy (non-hydrogen) atoms. The van der Waals surface area contributed by atoms with E-state index in [1.165, 1.54) is 19.2 Å². The van der Waals surface area contributed by atoms with Crippen molar-refractivity contribution in [2.24, 2.45) is 0 Å². The maximum atomic E-state index is 13.6. The third kappa shape index (κ3) is 7.82. The van der Waals surface area contributed by atoms with E-state index < -0.39 is 35.2 Å². The summed E-state index contributed by atoms with van der Waals surface area (Å²) in [4.78, 5) is 31.8. The van der Waals surface area contributed by atoms with Crippen LogP contribution < -0.4 is 21.3 Å². The molecule has 196 valence electrons. The quantitative estimate of drug-likeness (QED) is 0.334. The lowest BCUT2D eigenvalue weighted by Gasteiger charge is -2.19. The Morgan fingerprint density at radius 3 is 2.27 bits per heavy atom. The van der Waals surface area contributed by atoms with Gasteiger partial charge < -0.3 is 26.0 Å². The number of aromatic nitrogens is 2. The molecule has 0 aliphatic carbocycles. The van der Waals surface area contributed by atoms with Crippen LogP contribution in [-0.4, -0.2) is 34.6 Å². The standard InChI is InChI=1S/C25H27F3N6O3/c1-24(2,3)37-23(36)31-13-15-9-11-16(12-10-15)32-22-30-14-18(25(26,27)28)20(34-22)33-19-8-6-5-7-17(19)21(35)29-4/h5-12,14H,13H2,1-4H3,(H,29,35)(H,31,36)(H2,30,32,33,34). The van der Waals surface area contributed by atoms with Crippen molar-refractivity contribution in [1.29, 1.82) is 0 Å². The molecule has 0 spiro atoms. The maximum Gasteiger partial charge on any atom is 0.421 e. The lowest BCUT2D eigenvalue weighted by Crippen LogP contribution is -2.32. The molecule has 0 aliphatic rings. The number of carbonyl (C=O) groups is 2. The fourth-order valence-electron chi connectivity index (χ4n) is 3.12. The predicted octanol–water partition coefficient (Wildman–Crippen LogP) is 5.37. The van der Waals surface area contributed by atoms with Crippen molar-refractivity contribution < 1.29 is 27.5 Å². The molecule has 9 nitrogen and oxygen atoms in total. The molecule has 3 aromatic rings. The Labute approximate surface area is 211 Å². The summed E-state index contributed by atoms with van der Waals surface area (Å²) in [6, 6.07) is 12.9. The molecule has 0 saturated heterocycles. The summed E-state index contributed by atoms with van der Waals surface area (Å²) >= 11 is 0. The number of nitrogens with zero attached hydrogens (tertiary/aromatic N) is 2. The number of nitrogens with one attached hydrogen (secondary N) is 4. The first-order valence-electron chi connectivity index (χ1n) is 11.2. The van der Waals surface area contributed by atoms with E-state index in [0.29, 0.717) is 11.9 Å². The van der Waals surface area contributed by atoms with E-state index >= 15 is 0 Å². The molecular weight excluding hydrogens is 489 g/mol. The number of hydrogen-bond acceptors (Lipinski definition) is 7. The molecule has 0 fully saturated rings. The van der Waals surface area contributed by atoms with Gasteiger partial charge in [-0.05, 0) is 50.6 Å². The monoisotopic (exact) mass is 516 g/mol. The number of ether oxygens (including phenoxy) is 1. The van der Waals surface area contributed by atoms with Crippen LogP contribution in [-0.2, 0) is 17.5 Å². The zero-order valence-corrected chi connectivity index (χ0v) is 20.7. The second-order valence-corrected chi connectivity index (χ2v) is 8.88. The summed E-state index contributed by atoms with van der Waals surface area (Å²) in [5.74, 6) is -1.07. The summed E-state index contributed by atoms with van der Waals surface area (Å²) in [7, 11) is 1.42. The second kappa shape index (κ2) is 11.1. The molecule has 0 aliphatic heterocycles. The van der Waals surface area contributed by atoms with Crippen LogP contribution in [0, 0.1) is 0 Å². The number of amides is 2. The maximum absolute atomic E-state index is 13.6. The molecule has 0 unspecified atom stereocenters. The van der Waals surface area contributed by atoms with Gasteiger partial charge >= 0.3 is 12.3 Å². The zero-order chi connectivity index (χ0) is 27.2. The molecule has 3 rings (SSSR count). The van der Waals surface area contributed by atoms with Crippen LogP contribution in [0.3, 0.4) is 0 Å². The van der Waals surface area contributed by atoms with Crippen LogP contribution in [0.4, 0.5) is 41.1 Å². The lowest BCUT2D eigenvalue weighted by molar-refractivity contribution is -0.137. The SMILES string of the molecule is CNC(=O)c1ccccc1Nc1nc(Nc2ccc(CNC(=O)OC(C)(C)C)cc2)ncc1C(F)(F)F. The molecule has 0 saturated carbocycles. The van der Waals surface area contributed by atoms with Gasteiger partial charge in [-0.2, -0.15) is 18.2 Å². The third-order valence-corrected chi connectivity index (χ3v) is 4.79. The van der Waals surface area contributed by atoms with Gasteiger partial charge in [0.05, 0.1) is 11.3 Å². The molecule has 2 amide bonds. The number of carbonyl (C=O) groups excluding carboxylic acids is 2. The number of para-hydroxylation sites is 1. The summed E-state index contributed by atoms with van der Waals surface area (Å²) in [6.07, 6.45) is -4.61. The number of alkyl halides is 3. The van der Waals surface area contributed by atoms with Crippen molar-refractivity contribution in [2.75, 3.05) is 17.7 Å².